The summed E-state index contributed by atoms with van der Waals surface area (Å²) in [7, 11) is 0. The molecule has 0 bridgehead atoms. The average molecular weight is 252 g/mol. The molecule has 2 heterocycles. The minimum atomic E-state index is -0.985. The van der Waals surface area contributed by atoms with Gasteiger partial charge >= 0.3 is 5.97 Å². The van der Waals surface area contributed by atoms with Crippen LogP contribution in [0.5, 0.6) is 0 Å². The maximum Gasteiger partial charge on any atom is 0.335 e. The molecule has 0 spiro atoms. The minimum Gasteiger partial charge on any atom is -0.478 e. The Morgan fingerprint density at radius 1 is 1.53 bits per heavy atom. The third-order valence-corrected chi connectivity index (χ3v) is 2.46. The van der Waals surface area contributed by atoms with Crippen LogP contribution in [-0.4, -0.2) is 25.8 Å². The molecule has 0 aliphatic carbocycles. The lowest BCUT2D eigenvalue weighted by molar-refractivity contribution is 0.0696. The molecule has 2 rings (SSSR count). The van der Waals surface area contributed by atoms with E-state index in [9.17, 15) is 4.79 Å². The topological polar surface area (TPSA) is 68.0 Å². The molecule has 0 fully saturated rings. The van der Waals surface area contributed by atoms with Crippen LogP contribution in [0.15, 0.2) is 24.5 Å². The zero-order chi connectivity index (χ0) is 12.4. The van der Waals surface area contributed by atoms with Crippen LogP contribution in [0.4, 0.5) is 0 Å². The number of aromatic carboxylic acids is 1. The van der Waals surface area contributed by atoms with Gasteiger partial charge in [-0.15, -0.1) is 0 Å². The Morgan fingerprint density at radius 3 is 2.82 bits per heavy atom. The van der Waals surface area contributed by atoms with Gasteiger partial charge in [0.15, 0.2) is 5.82 Å². The van der Waals surface area contributed by atoms with Crippen LogP contribution in [0.2, 0.25) is 5.02 Å². The van der Waals surface area contributed by atoms with Crippen molar-refractivity contribution in [1.29, 1.82) is 0 Å². The van der Waals surface area contributed by atoms with Crippen molar-refractivity contribution in [3.63, 3.8) is 0 Å². The standard InChI is InChI=1S/C11H10ClN3O2/c1-2-9-3-7(11(16)17)4-10(14-9)15-6-8(12)5-13-15/h3-6H,2H2,1H3,(H,16,17). The molecule has 5 nitrogen and oxygen atoms in total. The molecule has 0 saturated carbocycles. The van der Waals surface area contributed by atoms with Gasteiger partial charge < -0.3 is 5.11 Å². The molecule has 0 aliphatic heterocycles. The van der Waals surface area contributed by atoms with E-state index in [1.165, 1.54) is 16.9 Å². The first-order valence-electron chi connectivity index (χ1n) is 5.05. The summed E-state index contributed by atoms with van der Waals surface area (Å²) in [4.78, 5) is 15.3. The number of nitrogens with zero attached hydrogens (tertiary/aromatic N) is 3. The van der Waals surface area contributed by atoms with Crippen molar-refractivity contribution >= 4 is 17.6 Å². The van der Waals surface area contributed by atoms with Gasteiger partial charge in [-0.1, -0.05) is 18.5 Å². The fourth-order valence-electron chi connectivity index (χ4n) is 1.42. The van der Waals surface area contributed by atoms with Crippen molar-refractivity contribution in [3.05, 3.63) is 40.8 Å². The van der Waals surface area contributed by atoms with E-state index >= 15 is 0 Å². The van der Waals surface area contributed by atoms with Gasteiger partial charge in [-0.25, -0.2) is 14.5 Å². The summed E-state index contributed by atoms with van der Waals surface area (Å²) in [5, 5.41) is 13.5. The van der Waals surface area contributed by atoms with Gasteiger partial charge in [0.05, 0.1) is 23.0 Å². The third kappa shape index (κ3) is 2.45. The number of hydrogen-bond acceptors (Lipinski definition) is 3. The van der Waals surface area contributed by atoms with Crippen LogP contribution in [0.3, 0.4) is 0 Å². The summed E-state index contributed by atoms with van der Waals surface area (Å²) in [5.41, 5.74) is 0.894. The summed E-state index contributed by atoms with van der Waals surface area (Å²) in [6.07, 6.45) is 3.71. The molecule has 1 N–H and O–H groups in total. The van der Waals surface area contributed by atoms with E-state index in [2.05, 4.69) is 10.1 Å². The van der Waals surface area contributed by atoms with Gasteiger partial charge in [-0.05, 0) is 18.6 Å². The van der Waals surface area contributed by atoms with Gasteiger partial charge in [-0.2, -0.15) is 5.10 Å². The van der Waals surface area contributed by atoms with E-state index in [1.54, 1.807) is 12.3 Å². The summed E-state index contributed by atoms with van der Waals surface area (Å²) in [5.74, 6) is -0.532. The van der Waals surface area contributed by atoms with Crippen LogP contribution in [-0.2, 0) is 6.42 Å². The molecule has 0 aromatic carbocycles. The zero-order valence-electron chi connectivity index (χ0n) is 9.09. The number of aryl methyl sites for hydroxylation is 1. The normalized spacial score (nSPS) is 10.5. The summed E-state index contributed by atoms with van der Waals surface area (Å²) >= 11 is 5.76. The van der Waals surface area contributed by atoms with Gasteiger partial charge in [0.25, 0.3) is 0 Å². The molecule has 0 radical (unpaired) electrons. The second-order valence-corrected chi connectivity index (χ2v) is 3.90. The number of halogens is 1. The summed E-state index contributed by atoms with van der Waals surface area (Å²) in [6.45, 7) is 1.91. The second kappa shape index (κ2) is 4.55. The van der Waals surface area contributed by atoms with Crippen molar-refractivity contribution in [2.75, 3.05) is 0 Å². The second-order valence-electron chi connectivity index (χ2n) is 3.47. The molecular weight excluding hydrogens is 242 g/mol. The highest BCUT2D eigenvalue weighted by Crippen LogP contribution is 2.13. The quantitative estimate of drug-likeness (QED) is 0.908. The predicted molar refractivity (Wildman–Crippen MR) is 62.7 cm³/mol. The number of aromatic nitrogens is 3. The Bertz CT molecular complexity index is 566. The first-order valence-corrected chi connectivity index (χ1v) is 5.42. The zero-order valence-corrected chi connectivity index (χ0v) is 9.85. The fourth-order valence-corrected chi connectivity index (χ4v) is 1.56. The minimum absolute atomic E-state index is 0.193. The van der Waals surface area contributed by atoms with E-state index in [-0.39, 0.29) is 5.56 Å². The maximum atomic E-state index is 11.0. The van der Waals surface area contributed by atoms with Gasteiger partial charge in [0.1, 0.15) is 0 Å². The largest absolute Gasteiger partial charge is 0.478 e. The third-order valence-electron chi connectivity index (χ3n) is 2.26. The smallest absolute Gasteiger partial charge is 0.335 e. The molecule has 0 atom stereocenters. The first kappa shape index (κ1) is 11.6. The number of hydrogen-bond donors (Lipinski definition) is 1. The summed E-state index contributed by atoms with van der Waals surface area (Å²) < 4.78 is 1.45. The highest BCUT2D eigenvalue weighted by molar-refractivity contribution is 6.30. The lowest BCUT2D eigenvalue weighted by Gasteiger charge is -2.05. The van der Waals surface area contributed by atoms with E-state index in [1.807, 2.05) is 6.92 Å². The van der Waals surface area contributed by atoms with Crippen molar-refractivity contribution in [1.82, 2.24) is 14.8 Å². The fraction of sp³-hybridized carbons (Fsp3) is 0.182. The average Bonchev–Trinajstić information content (AvgIpc) is 2.75. The maximum absolute atomic E-state index is 11.0. The van der Waals surface area contributed by atoms with Crippen LogP contribution in [0.25, 0.3) is 5.82 Å². The lowest BCUT2D eigenvalue weighted by Crippen LogP contribution is -2.05. The Balaban J connectivity index is 2.53. The van der Waals surface area contributed by atoms with E-state index in [4.69, 9.17) is 16.7 Å². The monoisotopic (exact) mass is 251 g/mol. The Kier molecular flexibility index (Phi) is 3.10. The molecule has 2 aromatic rings. The van der Waals surface area contributed by atoms with Crippen LogP contribution < -0.4 is 0 Å². The number of carbonyl (C=O) groups is 1. The van der Waals surface area contributed by atoms with Crippen molar-refractivity contribution < 1.29 is 9.90 Å². The van der Waals surface area contributed by atoms with Crippen molar-refractivity contribution in [3.8, 4) is 5.82 Å². The highest BCUT2D eigenvalue weighted by atomic mass is 35.5. The molecule has 17 heavy (non-hydrogen) atoms. The molecule has 0 amide bonds. The lowest BCUT2D eigenvalue weighted by atomic mass is 10.2. The highest BCUT2D eigenvalue weighted by Gasteiger charge is 2.09. The van der Waals surface area contributed by atoms with Crippen molar-refractivity contribution in [2.24, 2.45) is 0 Å². The molecule has 0 unspecified atom stereocenters. The Hall–Kier alpha value is -1.88. The predicted octanol–water partition coefficient (Wildman–Crippen LogP) is 2.18. The van der Waals surface area contributed by atoms with Crippen LogP contribution >= 0.6 is 11.6 Å². The summed E-state index contributed by atoms with van der Waals surface area (Å²) in [6, 6.07) is 3.02. The molecule has 88 valence electrons. The molecular formula is C11H10ClN3O2. The van der Waals surface area contributed by atoms with Gasteiger partial charge in [0, 0.05) is 5.69 Å². The van der Waals surface area contributed by atoms with E-state index in [0.717, 1.165) is 0 Å². The molecule has 0 saturated heterocycles. The molecule has 0 aliphatic rings. The van der Waals surface area contributed by atoms with Crippen LogP contribution in [0, 0.1) is 0 Å². The Labute approximate surface area is 103 Å². The number of pyridine rings is 1. The van der Waals surface area contributed by atoms with E-state index < -0.39 is 5.97 Å². The molecule has 6 heteroatoms. The molecule has 2 aromatic heterocycles. The van der Waals surface area contributed by atoms with Crippen molar-refractivity contribution in [2.45, 2.75) is 13.3 Å². The SMILES string of the molecule is CCc1cc(C(=O)O)cc(-n2cc(Cl)cn2)n1. The first-order chi connectivity index (χ1) is 8.10. The Morgan fingerprint density at radius 2 is 2.29 bits per heavy atom. The van der Waals surface area contributed by atoms with E-state index in [0.29, 0.717) is 23.0 Å². The number of rotatable bonds is 3. The van der Waals surface area contributed by atoms with Gasteiger partial charge in [0.2, 0.25) is 0 Å². The number of carboxylic acids is 1. The van der Waals surface area contributed by atoms with Gasteiger partial charge in [-0.3, -0.25) is 0 Å². The number of carboxylic acid groups (broad SMARTS) is 1. The van der Waals surface area contributed by atoms with Crippen LogP contribution in [0.1, 0.15) is 23.0 Å².